The number of rotatable bonds is 1. The topological polar surface area (TPSA) is 60.9 Å². The molecule has 4 aromatic rings. The van der Waals surface area contributed by atoms with Crippen molar-refractivity contribution in [3.8, 4) is 11.5 Å². The number of halogens is 6. The van der Waals surface area contributed by atoms with E-state index < -0.39 is 29.6 Å². The van der Waals surface area contributed by atoms with Gasteiger partial charge in [0.15, 0.2) is 11.5 Å². The predicted molar refractivity (Wildman–Crippen MR) is 75.8 cm³/mol. The van der Waals surface area contributed by atoms with Crippen LogP contribution in [0.1, 0.15) is 5.69 Å². The Morgan fingerprint density at radius 3 is 2.42 bits per heavy atom. The van der Waals surface area contributed by atoms with Crippen LogP contribution in [-0.2, 0) is 12.5 Å². The second kappa shape index (κ2) is 5.16. The molecule has 0 aromatic carbocycles. The molecule has 0 N–H and O–H groups in total. The van der Waals surface area contributed by atoms with Crippen LogP contribution < -0.4 is 0 Å². The molecular formula is C14H6F6N6. The minimum Gasteiger partial charge on any atom is -0.290 e. The Morgan fingerprint density at radius 2 is 1.73 bits per heavy atom. The number of fused-ring (bicyclic) bond motifs is 2. The lowest BCUT2D eigenvalue weighted by Crippen LogP contribution is -2.18. The highest BCUT2D eigenvalue weighted by atomic mass is 19.4. The highest BCUT2D eigenvalue weighted by molar-refractivity contribution is 5.76. The minimum atomic E-state index is -4.84. The van der Waals surface area contributed by atoms with Gasteiger partial charge in [-0.25, -0.2) is 24.5 Å². The van der Waals surface area contributed by atoms with Gasteiger partial charge in [-0.2, -0.15) is 13.2 Å². The van der Waals surface area contributed by atoms with E-state index in [1.54, 1.807) is 0 Å². The summed E-state index contributed by atoms with van der Waals surface area (Å²) in [6, 6.07) is 3.40. The number of alkyl halides is 6. The molecule has 26 heavy (non-hydrogen) atoms. The van der Waals surface area contributed by atoms with Crippen molar-refractivity contribution in [2.45, 2.75) is 12.5 Å². The maximum absolute atomic E-state index is 13.5. The van der Waals surface area contributed by atoms with Gasteiger partial charge >= 0.3 is 12.5 Å². The van der Waals surface area contributed by atoms with Crippen molar-refractivity contribution in [2.24, 2.45) is 0 Å². The van der Waals surface area contributed by atoms with Gasteiger partial charge in [-0.15, -0.1) is 13.2 Å². The molecule has 0 unspecified atom stereocenters. The lowest BCUT2D eigenvalue weighted by Gasteiger charge is -2.10. The van der Waals surface area contributed by atoms with Crippen molar-refractivity contribution in [1.29, 1.82) is 0 Å². The first-order valence-corrected chi connectivity index (χ1v) is 6.97. The van der Waals surface area contributed by atoms with E-state index in [9.17, 15) is 26.3 Å². The lowest BCUT2D eigenvalue weighted by atomic mass is 10.4. The van der Waals surface area contributed by atoms with Gasteiger partial charge in [0, 0.05) is 18.5 Å². The number of hydrogen-bond acceptors (Lipinski definition) is 4. The second-order valence-electron chi connectivity index (χ2n) is 5.25. The third-order valence-corrected chi connectivity index (χ3v) is 3.54. The first-order valence-electron chi connectivity index (χ1n) is 6.97. The third-order valence-electron chi connectivity index (χ3n) is 3.54. The lowest BCUT2D eigenvalue weighted by molar-refractivity contribution is -0.200. The zero-order chi connectivity index (χ0) is 18.7. The smallest absolute Gasteiger partial charge is 0.290 e. The van der Waals surface area contributed by atoms with E-state index in [1.165, 1.54) is 18.3 Å². The number of nitrogens with zero attached hydrogens (tertiary/aromatic N) is 6. The maximum atomic E-state index is 13.5. The molecule has 0 bridgehead atoms. The molecule has 4 aromatic heterocycles. The molecule has 0 fully saturated rings. The Kier molecular flexibility index (Phi) is 3.23. The Bertz CT molecular complexity index is 1120. The summed E-state index contributed by atoms with van der Waals surface area (Å²) in [6.07, 6.45) is -6.42. The van der Waals surface area contributed by atoms with Crippen LogP contribution in [0.5, 0.6) is 0 Å². The standard InChI is InChI=1S/C14H6F6N6/c15-13(16,17)9-4-10-23-8(5-25(10)6-22-9)12-24-7-2-1-3-21-11(7)26(12)14(18,19)20/h1-6H. The number of pyridine rings is 1. The van der Waals surface area contributed by atoms with E-state index in [1.807, 2.05) is 0 Å². The fraction of sp³-hybridized carbons (Fsp3) is 0.143. The number of hydrogen-bond donors (Lipinski definition) is 0. The highest BCUT2D eigenvalue weighted by Crippen LogP contribution is 2.34. The summed E-state index contributed by atoms with van der Waals surface area (Å²) in [6.45, 7) is 0. The Morgan fingerprint density at radius 1 is 0.962 bits per heavy atom. The van der Waals surface area contributed by atoms with Crippen LogP contribution >= 0.6 is 0 Å². The molecule has 0 amide bonds. The normalized spacial score (nSPS) is 13.0. The van der Waals surface area contributed by atoms with Crippen molar-refractivity contribution >= 4 is 16.8 Å². The number of imidazole rings is 2. The van der Waals surface area contributed by atoms with Gasteiger partial charge in [0.2, 0.25) is 0 Å². The molecule has 12 heteroatoms. The van der Waals surface area contributed by atoms with Crippen LogP contribution in [0.4, 0.5) is 26.3 Å². The first-order chi connectivity index (χ1) is 12.1. The van der Waals surface area contributed by atoms with E-state index in [-0.39, 0.29) is 21.4 Å². The SMILES string of the molecule is FC(F)(F)c1cc2nc(-c3nc4cccnc4n3C(F)(F)F)cn2cn1. The summed E-state index contributed by atoms with van der Waals surface area (Å²) in [5.74, 6) is -0.580. The average molecular weight is 372 g/mol. The van der Waals surface area contributed by atoms with Crippen molar-refractivity contribution in [1.82, 2.24) is 28.9 Å². The van der Waals surface area contributed by atoms with Gasteiger partial charge in [-0.05, 0) is 12.1 Å². The van der Waals surface area contributed by atoms with Crippen molar-refractivity contribution in [2.75, 3.05) is 0 Å². The Balaban J connectivity index is 1.95. The number of aromatic nitrogens is 6. The zero-order valence-corrected chi connectivity index (χ0v) is 12.4. The van der Waals surface area contributed by atoms with Gasteiger partial charge in [0.25, 0.3) is 0 Å². The molecule has 0 aliphatic carbocycles. The van der Waals surface area contributed by atoms with Crippen LogP contribution in [0, 0.1) is 0 Å². The van der Waals surface area contributed by atoms with Crippen LogP contribution in [0.2, 0.25) is 0 Å². The quantitative estimate of drug-likeness (QED) is 0.479. The van der Waals surface area contributed by atoms with E-state index >= 15 is 0 Å². The van der Waals surface area contributed by atoms with Gasteiger partial charge in [-0.3, -0.25) is 4.40 Å². The summed E-state index contributed by atoms with van der Waals surface area (Å²) < 4.78 is 79.6. The van der Waals surface area contributed by atoms with Gasteiger partial charge in [0.1, 0.15) is 28.9 Å². The monoisotopic (exact) mass is 372 g/mol. The zero-order valence-electron chi connectivity index (χ0n) is 12.4. The van der Waals surface area contributed by atoms with Crippen LogP contribution in [0.3, 0.4) is 0 Å². The molecular weight excluding hydrogens is 366 g/mol. The first kappa shape index (κ1) is 16.3. The largest absolute Gasteiger partial charge is 0.491 e. The molecule has 0 saturated heterocycles. The molecule has 6 nitrogen and oxygen atoms in total. The summed E-state index contributed by atoms with van der Waals surface area (Å²) >= 11 is 0. The predicted octanol–water partition coefficient (Wildman–Crippen LogP) is 3.64. The van der Waals surface area contributed by atoms with E-state index in [4.69, 9.17) is 0 Å². The van der Waals surface area contributed by atoms with Crippen LogP contribution in [-0.4, -0.2) is 28.9 Å². The molecule has 0 aliphatic heterocycles. The maximum Gasteiger partial charge on any atom is 0.491 e. The fourth-order valence-corrected chi connectivity index (χ4v) is 2.48. The molecule has 0 atom stereocenters. The summed E-state index contributed by atoms with van der Waals surface area (Å²) in [5, 5.41) is 0. The average Bonchev–Trinajstić information content (AvgIpc) is 3.13. The van der Waals surface area contributed by atoms with Gasteiger partial charge < -0.3 is 0 Å². The van der Waals surface area contributed by atoms with E-state index in [0.717, 1.165) is 16.9 Å². The highest BCUT2D eigenvalue weighted by Gasteiger charge is 2.37. The minimum absolute atomic E-state index is 0.0222. The molecule has 0 aliphatic rings. The second-order valence-corrected chi connectivity index (χ2v) is 5.25. The van der Waals surface area contributed by atoms with E-state index in [2.05, 4.69) is 19.9 Å². The fourth-order valence-electron chi connectivity index (χ4n) is 2.48. The van der Waals surface area contributed by atoms with E-state index in [0.29, 0.717) is 6.07 Å². The van der Waals surface area contributed by atoms with Gasteiger partial charge in [-0.1, -0.05) is 0 Å². The molecule has 0 spiro atoms. The van der Waals surface area contributed by atoms with Crippen molar-refractivity contribution in [3.63, 3.8) is 0 Å². The Labute approximate surface area is 139 Å². The van der Waals surface area contributed by atoms with Crippen molar-refractivity contribution in [3.05, 3.63) is 42.6 Å². The molecule has 4 heterocycles. The molecule has 0 saturated carbocycles. The van der Waals surface area contributed by atoms with Crippen LogP contribution in [0.15, 0.2) is 36.9 Å². The third kappa shape index (κ3) is 2.53. The van der Waals surface area contributed by atoms with Crippen LogP contribution in [0.25, 0.3) is 28.3 Å². The van der Waals surface area contributed by atoms with Gasteiger partial charge in [0.05, 0.1) is 0 Å². The molecule has 134 valence electrons. The Hall–Kier alpha value is -3.18. The van der Waals surface area contributed by atoms with Crippen molar-refractivity contribution < 1.29 is 26.3 Å². The summed E-state index contributed by atoms with van der Waals surface area (Å²) in [7, 11) is 0. The molecule has 0 radical (unpaired) electrons. The molecule has 4 rings (SSSR count). The summed E-state index contributed by atoms with van der Waals surface area (Å²) in [4.78, 5) is 14.6. The summed E-state index contributed by atoms with van der Waals surface area (Å²) in [5.41, 5.74) is -2.13.